The third kappa shape index (κ3) is 3.39. The van der Waals surface area contributed by atoms with Gasteiger partial charge in [-0.15, -0.1) is 0 Å². The number of rotatable bonds is 5. The molecule has 0 unspecified atom stereocenters. The summed E-state index contributed by atoms with van der Waals surface area (Å²) in [6, 6.07) is 16.1. The van der Waals surface area contributed by atoms with E-state index >= 15 is 0 Å². The lowest BCUT2D eigenvalue weighted by Crippen LogP contribution is -2.15. The van der Waals surface area contributed by atoms with Crippen LogP contribution in [-0.4, -0.2) is 45.2 Å². The molecule has 0 amide bonds. The Kier molecular flexibility index (Phi) is 5.06. The lowest BCUT2D eigenvalue weighted by molar-refractivity contribution is 0.389. The minimum absolute atomic E-state index is 0.286. The van der Waals surface area contributed by atoms with Crippen LogP contribution in [0.15, 0.2) is 54.7 Å². The molecule has 1 N–H and O–H groups in total. The number of nitrogens with zero attached hydrogens (tertiary/aromatic N) is 4. The lowest BCUT2D eigenvalue weighted by atomic mass is 9.99. The molecule has 0 atom stereocenters. The van der Waals surface area contributed by atoms with Gasteiger partial charge in [-0.05, 0) is 94.3 Å². The van der Waals surface area contributed by atoms with Crippen molar-refractivity contribution in [3.63, 3.8) is 0 Å². The van der Waals surface area contributed by atoms with Crippen LogP contribution in [0, 0.1) is 13.8 Å². The normalized spacial score (nSPS) is 11.9. The van der Waals surface area contributed by atoms with Gasteiger partial charge in [0.1, 0.15) is 5.75 Å². The average molecular weight is 425 g/mol. The maximum atomic E-state index is 10.3. The van der Waals surface area contributed by atoms with Crippen molar-refractivity contribution in [2.75, 3.05) is 20.6 Å². The Balaban J connectivity index is 1.83. The van der Waals surface area contributed by atoms with Crippen molar-refractivity contribution in [3.8, 4) is 17.1 Å². The molecule has 2 aromatic carbocycles. The molecule has 3 heterocycles. The van der Waals surface area contributed by atoms with E-state index in [2.05, 4.69) is 42.6 Å². The first-order valence-electron chi connectivity index (χ1n) is 11.1. The summed E-state index contributed by atoms with van der Waals surface area (Å²) < 4.78 is 2.41. The van der Waals surface area contributed by atoms with Crippen molar-refractivity contribution in [1.29, 1.82) is 0 Å². The number of aromatic hydroxyl groups is 1. The summed E-state index contributed by atoms with van der Waals surface area (Å²) in [4.78, 5) is 11.7. The molecule has 0 spiro atoms. The highest BCUT2D eigenvalue weighted by atomic mass is 16.3. The van der Waals surface area contributed by atoms with Crippen molar-refractivity contribution in [2.24, 2.45) is 0 Å². The van der Waals surface area contributed by atoms with E-state index in [1.165, 1.54) is 16.5 Å². The van der Waals surface area contributed by atoms with Gasteiger partial charge in [0.05, 0.1) is 16.9 Å². The number of phenolic OH excluding ortho intramolecular Hbond substituents is 1. The molecule has 0 saturated carbocycles. The van der Waals surface area contributed by atoms with Crippen molar-refractivity contribution >= 4 is 32.6 Å². The summed E-state index contributed by atoms with van der Waals surface area (Å²) in [5.74, 6) is 0.286. The minimum atomic E-state index is 0.286. The Morgan fingerprint density at radius 1 is 0.938 bits per heavy atom. The largest absolute Gasteiger partial charge is 0.508 e. The first kappa shape index (κ1) is 20.5. The molecule has 5 heteroatoms. The molecule has 0 aliphatic heterocycles. The topological polar surface area (TPSA) is 54.2 Å². The third-order valence-electron chi connectivity index (χ3n) is 6.24. The Morgan fingerprint density at radius 2 is 1.78 bits per heavy atom. The number of hydrogen-bond donors (Lipinski definition) is 1. The van der Waals surface area contributed by atoms with Crippen molar-refractivity contribution in [1.82, 2.24) is 19.4 Å². The van der Waals surface area contributed by atoms with Crippen molar-refractivity contribution in [2.45, 2.75) is 26.8 Å². The molecule has 0 aliphatic rings. The summed E-state index contributed by atoms with van der Waals surface area (Å²) in [5, 5.41) is 14.7. The van der Waals surface area contributed by atoms with Gasteiger partial charge in [-0.25, -0.2) is 0 Å². The Bertz CT molecular complexity index is 1470. The van der Waals surface area contributed by atoms with E-state index in [9.17, 15) is 5.11 Å². The molecule has 5 aromatic rings. The van der Waals surface area contributed by atoms with Gasteiger partial charge in [-0.3, -0.25) is 9.97 Å². The highest BCUT2D eigenvalue weighted by Crippen LogP contribution is 2.39. The quantitative estimate of drug-likeness (QED) is 0.394. The van der Waals surface area contributed by atoms with Crippen LogP contribution in [0.25, 0.3) is 44.0 Å². The molecular formula is C27H28N4O. The molecule has 0 fully saturated rings. The van der Waals surface area contributed by atoms with E-state index in [1.807, 2.05) is 43.5 Å². The maximum Gasteiger partial charge on any atom is 0.116 e. The highest BCUT2D eigenvalue weighted by Gasteiger charge is 2.18. The second-order valence-electron chi connectivity index (χ2n) is 8.83. The number of aryl methyl sites for hydroxylation is 3. The van der Waals surface area contributed by atoms with Crippen LogP contribution in [0.3, 0.4) is 0 Å². The maximum absolute atomic E-state index is 10.3. The fraction of sp³-hybridized carbons (Fsp3) is 0.259. The second-order valence-corrected chi connectivity index (χ2v) is 8.83. The predicted molar refractivity (Wildman–Crippen MR) is 132 cm³/mol. The Morgan fingerprint density at radius 3 is 2.56 bits per heavy atom. The van der Waals surface area contributed by atoms with Gasteiger partial charge in [0, 0.05) is 40.1 Å². The van der Waals surface area contributed by atoms with E-state index in [0.29, 0.717) is 0 Å². The van der Waals surface area contributed by atoms with Crippen LogP contribution < -0.4 is 0 Å². The molecule has 3 aromatic heterocycles. The molecule has 0 aliphatic carbocycles. The van der Waals surface area contributed by atoms with E-state index < -0.39 is 0 Å². The van der Waals surface area contributed by atoms with Crippen molar-refractivity contribution in [3.05, 3.63) is 66.0 Å². The predicted octanol–water partition coefficient (Wildman–Crippen LogP) is 5.68. The van der Waals surface area contributed by atoms with Crippen LogP contribution in [0.1, 0.15) is 17.7 Å². The van der Waals surface area contributed by atoms with E-state index in [-0.39, 0.29) is 5.75 Å². The molecular weight excluding hydrogens is 396 g/mol. The fourth-order valence-corrected chi connectivity index (χ4v) is 4.79. The smallest absolute Gasteiger partial charge is 0.116 e. The van der Waals surface area contributed by atoms with Crippen molar-refractivity contribution < 1.29 is 5.11 Å². The molecule has 5 rings (SSSR count). The van der Waals surface area contributed by atoms with Crippen LogP contribution in [0.2, 0.25) is 0 Å². The van der Waals surface area contributed by atoms with Crippen LogP contribution in [-0.2, 0) is 6.54 Å². The van der Waals surface area contributed by atoms with Gasteiger partial charge >= 0.3 is 0 Å². The third-order valence-corrected chi connectivity index (χ3v) is 6.24. The Hall–Kier alpha value is -3.44. The van der Waals surface area contributed by atoms with Crippen LogP contribution in [0.5, 0.6) is 5.75 Å². The van der Waals surface area contributed by atoms with Gasteiger partial charge in [0.15, 0.2) is 0 Å². The number of fused-ring (bicyclic) bond motifs is 4. The van der Waals surface area contributed by atoms with Crippen LogP contribution >= 0.6 is 0 Å². The second kappa shape index (κ2) is 7.92. The first-order chi connectivity index (χ1) is 15.4. The monoisotopic (exact) mass is 424 g/mol. The number of phenols is 1. The molecule has 0 radical (unpaired) electrons. The van der Waals surface area contributed by atoms with Gasteiger partial charge in [0.2, 0.25) is 0 Å². The number of hydrogen-bond acceptors (Lipinski definition) is 4. The fourth-order valence-electron chi connectivity index (χ4n) is 4.79. The van der Waals surface area contributed by atoms with Gasteiger partial charge in [0.25, 0.3) is 0 Å². The average Bonchev–Trinajstić information content (AvgIpc) is 3.06. The van der Waals surface area contributed by atoms with Gasteiger partial charge in [-0.1, -0.05) is 6.07 Å². The highest BCUT2D eigenvalue weighted by molar-refractivity contribution is 6.16. The Labute approximate surface area is 188 Å². The van der Waals surface area contributed by atoms with Crippen LogP contribution in [0.4, 0.5) is 0 Å². The van der Waals surface area contributed by atoms with E-state index in [4.69, 9.17) is 9.97 Å². The molecule has 0 saturated heterocycles. The summed E-state index contributed by atoms with van der Waals surface area (Å²) in [5.41, 5.74) is 6.36. The summed E-state index contributed by atoms with van der Waals surface area (Å²) in [6.45, 7) is 6.15. The molecule has 162 valence electrons. The lowest BCUT2D eigenvalue weighted by Gasteiger charge is -2.14. The summed E-state index contributed by atoms with van der Waals surface area (Å²) in [7, 11) is 4.22. The molecule has 5 nitrogen and oxygen atoms in total. The van der Waals surface area contributed by atoms with Gasteiger partial charge < -0.3 is 14.6 Å². The summed E-state index contributed by atoms with van der Waals surface area (Å²) in [6.07, 6.45) is 2.93. The summed E-state index contributed by atoms with van der Waals surface area (Å²) >= 11 is 0. The zero-order valence-electron chi connectivity index (χ0n) is 19.1. The standard InChI is InChI=1S/C27H28N4O/c1-17-7-5-8-24(29-17)26-22-16-23-21-15-19(32)9-10-25(21)31(14-6-13-30(3)4)27(23)18(2)20(22)11-12-28-26/h5,7-12,15-16,32H,6,13-14H2,1-4H3. The number of pyridine rings is 2. The number of aromatic nitrogens is 3. The van der Waals surface area contributed by atoms with E-state index in [0.717, 1.165) is 58.3 Å². The minimum Gasteiger partial charge on any atom is -0.508 e. The molecule has 0 bridgehead atoms. The molecule has 32 heavy (non-hydrogen) atoms. The van der Waals surface area contributed by atoms with Gasteiger partial charge in [-0.2, -0.15) is 0 Å². The van der Waals surface area contributed by atoms with E-state index in [1.54, 1.807) is 6.07 Å². The number of benzene rings is 2. The zero-order chi connectivity index (χ0) is 22.4. The first-order valence-corrected chi connectivity index (χ1v) is 11.1. The SMILES string of the molecule is Cc1cccc(-c2nccc3c(C)c4c(cc23)c2cc(O)ccc2n4CCCN(C)C)n1. The zero-order valence-corrected chi connectivity index (χ0v) is 19.1.